The lowest BCUT2D eigenvalue weighted by Crippen LogP contribution is -1.99. The average molecular weight is 477 g/mol. The lowest BCUT2D eigenvalue weighted by Gasteiger charge is -2.12. The molecule has 0 aromatic heterocycles. The fourth-order valence-corrected chi connectivity index (χ4v) is 2.87. The van der Waals surface area contributed by atoms with Crippen molar-refractivity contribution in [2.45, 2.75) is 20.5 Å². The van der Waals surface area contributed by atoms with Gasteiger partial charge in [-0.3, -0.25) is 0 Å². The Morgan fingerprint density at radius 1 is 1.07 bits per heavy atom. The van der Waals surface area contributed by atoms with Gasteiger partial charge in [0.2, 0.25) is 0 Å². The number of benzene rings is 2. The van der Waals surface area contributed by atoms with Crippen molar-refractivity contribution >= 4 is 52.6 Å². The van der Waals surface area contributed by atoms with Crippen molar-refractivity contribution in [3.05, 3.63) is 68.1 Å². The van der Waals surface area contributed by atoms with Crippen molar-refractivity contribution in [1.82, 2.24) is 0 Å². The van der Waals surface area contributed by atoms with E-state index in [4.69, 9.17) is 60.7 Å². The molecule has 0 amide bonds. The Bertz CT molecular complexity index is 842. The Morgan fingerprint density at radius 3 is 2.45 bits per heavy atom. The van der Waals surface area contributed by atoms with Crippen LogP contribution in [0.2, 0.25) is 10.0 Å². The van der Waals surface area contributed by atoms with Crippen LogP contribution in [-0.4, -0.2) is 19.4 Å². The quantitative estimate of drug-likeness (QED) is 0.267. The van der Waals surface area contributed by atoms with Crippen LogP contribution in [0.3, 0.4) is 0 Å². The number of nitrogens with zero attached hydrogens (tertiary/aromatic N) is 1. The fourth-order valence-electron chi connectivity index (χ4n) is 2.17. The standard InChI is InChI=1S/C21H21Cl4NO3/c1-14(2)12-29-26-11-15-4-3-5-16(8-15)13-28-21-18(22)9-17(10-19(21)23)27-7-6-20(24)25/h3-6,8-11,14H,7,12-13H2,1-2H3. The first-order chi connectivity index (χ1) is 13.8. The van der Waals surface area contributed by atoms with Crippen molar-refractivity contribution in [2.24, 2.45) is 11.1 Å². The summed E-state index contributed by atoms with van der Waals surface area (Å²) in [5, 5.41) is 4.65. The molecule has 0 aliphatic carbocycles. The molecule has 8 heteroatoms. The molecule has 0 aliphatic rings. The van der Waals surface area contributed by atoms with Crippen LogP contribution < -0.4 is 9.47 Å². The van der Waals surface area contributed by atoms with E-state index in [1.165, 1.54) is 6.08 Å². The smallest absolute Gasteiger partial charge is 0.157 e. The molecule has 0 aliphatic heterocycles. The largest absolute Gasteiger partial charge is 0.489 e. The fraction of sp³-hybridized carbons (Fsp3) is 0.286. The van der Waals surface area contributed by atoms with Gasteiger partial charge < -0.3 is 14.3 Å². The summed E-state index contributed by atoms with van der Waals surface area (Å²) in [5.74, 6) is 1.29. The molecule has 29 heavy (non-hydrogen) atoms. The van der Waals surface area contributed by atoms with Crippen LogP contribution in [0.5, 0.6) is 11.5 Å². The summed E-state index contributed by atoms with van der Waals surface area (Å²) < 4.78 is 11.4. The lowest BCUT2D eigenvalue weighted by atomic mass is 10.1. The average Bonchev–Trinajstić information content (AvgIpc) is 2.64. The molecule has 0 unspecified atom stereocenters. The highest BCUT2D eigenvalue weighted by molar-refractivity contribution is 6.55. The topological polar surface area (TPSA) is 40.0 Å². The van der Waals surface area contributed by atoms with E-state index in [1.54, 1.807) is 18.3 Å². The van der Waals surface area contributed by atoms with Gasteiger partial charge in [-0.25, -0.2) is 0 Å². The normalized spacial score (nSPS) is 11.0. The summed E-state index contributed by atoms with van der Waals surface area (Å²) in [6.45, 7) is 5.19. The molecule has 2 aromatic rings. The molecular weight excluding hydrogens is 456 g/mol. The van der Waals surface area contributed by atoms with E-state index in [-0.39, 0.29) is 11.1 Å². The molecule has 156 valence electrons. The zero-order valence-corrected chi connectivity index (χ0v) is 19.0. The molecule has 4 nitrogen and oxygen atoms in total. The summed E-state index contributed by atoms with van der Waals surface area (Å²) >= 11 is 23.7. The molecule has 0 radical (unpaired) electrons. The van der Waals surface area contributed by atoms with Gasteiger partial charge in [-0.15, -0.1) is 0 Å². The number of oxime groups is 1. The van der Waals surface area contributed by atoms with Crippen LogP contribution in [0, 0.1) is 5.92 Å². The number of halogens is 4. The second-order valence-corrected chi connectivity index (χ2v) is 8.30. The van der Waals surface area contributed by atoms with Crippen LogP contribution in [0.15, 0.2) is 52.1 Å². The van der Waals surface area contributed by atoms with E-state index in [1.807, 2.05) is 24.3 Å². The SMILES string of the molecule is CC(C)CON=Cc1cccc(COc2c(Cl)cc(OCC=C(Cl)Cl)cc2Cl)c1. The van der Waals surface area contributed by atoms with Gasteiger partial charge in [-0.1, -0.05) is 83.6 Å². The first-order valence-corrected chi connectivity index (χ1v) is 10.4. The highest BCUT2D eigenvalue weighted by Gasteiger charge is 2.11. The zero-order valence-electron chi connectivity index (χ0n) is 16.0. The van der Waals surface area contributed by atoms with Crippen LogP contribution in [0.25, 0.3) is 0 Å². The first kappa shape index (κ1) is 23.7. The minimum absolute atomic E-state index is 0.126. The van der Waals surface area contributed by atoms with Crippen molar-refractivity contribution in [3.63, 3.8) is 0 Å². The molecule has 0 saturated carbocycles. The third-order valence-corrected chi connectivity index (χ3v) is 4.35. The van der Waals surface area contributed by atoms with E-state index in [9.17, 15) is 0 Å². The van der Waals surface area contributed by atoms with Gasteiger partial charge in [-0.2, -0.15) is 0 Å². The molecule has 0 bridgehead atoms. The van der Waals surface area contributed by atoms with Crippen molar-refractivity contribution in [1.29, 1.82) is 0 Å². The molecule has 2 aromatic carbocycles. The van der Waals surface area contributed by atoms with E-state index in [0.717, 1.165) is 11.1 Å². The molecule has 0 spiro atoms. The van der Waals surface area contributed by atoms with Crippen LogP contribution >= 0.6 is 46.4 Å². The highest BCUT2D eigenvalue weighted by atomic mass is 35.5. The van der Waals surface area contributed by atoms with Gasteiger partial charge in [-0.05, 0) is 29.2 Å². The number of rotatable bonds is 10. The second kappa shape index (κ2) is 12.2. The first-order valence-electron chi connectivity index (χ1n) is 8.85. The summed E-state index contributed by atoms with van der Waals surface area (Å²) in [6, 6.07) is 11.0. The molecule has 0 heterocycles. The summed E-state index contributed by atoms with van der Waals surface area (Å²) in [5.41, 5.74) is 1.84. The number of ether oxygens (including phenoxy) is 2. The van der Waals surface area contributed by atoms with Crippen molar-refractivity contribution in [3.8, 4) is 11.5 Å². The van der Waals surface area contributed by atoms with E-state index < -0.39 is 0 Å². The Balaban J connectivity index is 1.99. The van der Waals surface area contributed by atoms with Gasteiger partial charge in [0.1, 0.15) is 30.1 Å². The minimum atomic E-state index is 0.126. The second-order valence-electron chi connectivity index (χ2n) is 6.48. The van der Waals surface area contributed by atoms with Crippen LogP contribution in [-0.2, 0) is 11.4 Å². The predicted octanol–water partition coefficient (Wildman–Crippen LogP) is 7.28. The van der Waals surface area contributed by atoms with Crippen molar-refractivity contribution in [2.75, 3.05) is 13.2 Å². The maximum Gasteiger partial charge on any atom is 0.157 e. The van der Waals surface area contributed by atoms with Crippen molar-refractivity contribution < 1.29 is 14.3 Å². The van der Waals surface area contributed by atoms with Crippen LogP contribution in [0.1, 0.15) is 25.0 Å². The molecule has 0 atom stereocenters. The maximum atomic E-state index is 6.29. The zero-order chi connectivity index (χ0) is 21.2. The summed E-state index contributed by atoms with van der Waals surface area (Å²) in [7, 11) is 0. The number of hydrogen-bond acceptors (Lipinski definition) is 4. The third kappa shape index (κ3) is 8.75. The summed E-state index contributed by atoms with van der Waals surface area (Å²) in [6.07, 6.45) is 3.18. The minimum Gasteiger partial charge on any atom is -0.489 e. The van der Waals surface area contributed by atoms with Gasteiger partial charge in [0.25, 0.3) is 0 Å². The van der Waals surface area contributed by atoms with E-state index in [0.29, 0.717) is 40.7 Å². The molecule has 0 N–H and O–H groups in total. The highest BCUT2D eigenvalue weighted by Crippen LogP contribution is 2.37. The van der Waals surface area contributed by atoms with Gasteiger partial charge in [0.05, 0.1) is 16.3 Å². The van der Waals surface area contributed by atoms with E-state index >= 15 is 0 Å². The van der Waals surface area contributed by atoms with Gasteiger partial charge in [0, 0.05) is 12.1 Å². The third-order valence-electron chi connectivity index (χ3n) is 3.48. The Labute approximate surface area is 190 Å². The summed E-state index contributed by atoms with van der Waals surface area (Å²) in [4.78, 5) is 5.23. The molecule has 2 rings (SSSR count). The lowest BCUT2D eigenvalue weighted by molar-refractivity contribution is 0.120. The van der Waals surface area contributed by atoms with Gasteiger partial charge >= 0.3 is 0 Å². The Hall–Kier alpha value is -1.59. The number of hydrogen-bond donors (Lipinski definition) is 0. The monoisotopic (exact) mass is 475 g/mol. The Kier molecular flexibility index (Phi) is 9.95. The van der Waals surface area contributed by atoms with E-state index in [2.05, 4.69) is 19.0 Å². The molecule has 0 saturated heterocycles. The Morgan fingerprint density at radius 2 is 1.79 bits per heavy atom. The molecule has 0 fully saturated rings. The molecular formula is C21H21Cl4NO3. The van der Waals surface area contributed by atoms with Crippen LogP contribution in [0.4, 0.5) is 0 Å². The predicted molar refractivity (Wildman–Crippen MR) is 121 cm³/mol. The maximum absolute atomic E-state index is 6.29. The van der Waals surface area contributed by atoms with Gasteiger partial charge in [0.15, 0.2) is 5.75 Å².